The zero-order chi connectivity index (χ0) is 29.7. The van der Waals surface area contributed by atoms with Gasteiger partial charge in [0.2, 0.25) is 0 Å². The molecule has 1 aliphatic heterocycles. The average molecular weight is 567 g/mol. The van der Waals surface area contributed by atoms with Crippen LogP contribution in [0.2, 0.25) is 0 Å². The van der Waals surface area contributed by atoms with Gasteiger partial charge in [-0.1, -0.05) is 147 Å². The highest BCUT2D eigenvalue weighted by molar-refractivity contribution is 5.94. The van der Waals surface area contributed by atoms with Gasteiger partial charge in [-0.3, -0.25) is 0 Å². The summed E-state index contributed by atoms with van der Waals surface area (Å²) in [4.78, 5) is 10.2. The lowest BCUT2D eigenvalue weighted by Gasteiger charge is -2.35. The van der Waals surface area contributed by atoms with Crippen LogP contribution in [0, 0.1) is 0 Å². The average Bonchev–Trinajstić information content (AvgIpc) is 3.08. The molecule has 0 aliphatic carbocycles. The number of benzene rings is 6. The zero-order valence-corrected chi connectivity index (χ0v) is 24.7. The van der Waals surface area contributed by atoms with Gasteiger partial charge in [0.05, 0.1) is 11.2 Å². The minimum Gasteiger partial charge on any atom is -0.456 e. The lowest BCUT2D eigenvalue weighted by molar-refractivity contribution is 0.419. The summed E-state index contributed by atoms with van der Waals surface area (Å²) in [6, 6.07) is 50.6. The second-order valence-electron chi connectivity index (χ2n) is 11.8. The Kier molecular flexibility index (Phi) is 6.13. The van der Waals surface area contributed by atoms with Crippen molar-refractivity contribution < 1.29 is 4.74 Å². The van der Waals surface area contributed by atoms with Crippen LogP contribution in [-0.2, 0) is 5.41 Å². The van der Waals surface area contributed by atoms with Crippen molar-refractivity contribution in [3.05, 3.63) is 157 Å². The molecular formula is C41H30N2O. The van der Waals surface area contributed by atoms with E-state index in [0.717, 1.165) is 61.5 Å². The van der Waals surface area contributed by atoms with Gasteiger partial charge in [0.15, 0.2) is 5.82 Å². The molecule has 0 saturated carbocycles. The number of aromatic nitrogens is 2. The highest BCUT2D eigenvalue weighted by atomic mass is 16.5. The summed E-state index contributed by atoms with van der Waals surface area (Å²) in [7, 11) is 0. The highest BCUT2D eigenvalue weighted by Crippen LogP contribution is 2.51. The molecule has 0 amide bonds. The normalized spacial score (nSPS) is 13.1. The van der Waals surface area contributed by atoms with Crippen molar-refractivity contribution in [3.63, 3.8) is 0 Å². The Morgan fingerprint density at radius 2 is 1.09 bits per heavy atom. The summed E-state index contributed by atoms with van der Waals surface area (Å²) >= 11 is 0. The molecule has 8 rings (SSSR count). The van der Waals surface area contributed by atoms with Crippen molar-refractivity contribution in [2.45, 2.75) is 19.3 Å². The number of fused-ring (bicyclic) bond motifs is 3. The standard InChI is InChI=1S/C41H30N2O/c1-41(2)34-19-9-11-22-37(34)44-39-31(18-12-20-35(39)41)28-25-23-27(24-26-28)30-15-6-7-16-32(30)40-42-36-21-10-8-17-33(36)38(43-40)29-13-4-3-5-14-29/h3-26H,1-2H3. The molecule has 3 heteroatoms. The predicted octanol–water partition coefficient (Wildman–Crippen LogP) is 10.7. The molecule has 44 heavy (non-hydrogen) atoms. The third-order valence-electron chi connectivity index (χ3n) is 8.79. The van der Waals surface area contributed by atoms with Gasteiger partial charge >= 0.3 is 0 Å². The van der Waals surface area contributed by atoms with Gasteiger partial charge in [-0.25, -0.2) is 9.97 Å². The maximum Gasteiger partial charge on any atom is 0.161 e. The van der Waals surface area contributed by atoms with Gasteiger partial charge in [-0.2, -0.15) is 0 Å². The van der Waals surface area contributed by atoms with E-state index in [1.807, 2.05) is 24.3 Å². The van der Waals surface area contributed by atoms with Crippen molar-refractivity contribution in [1.29, 1.82) is 0 Å². The fourth-order valence-corrected chi connectivity index (χ4v) is 6.47. The van der Waals surface area contributed by atoms with Gasteiger partial charge in [0.25, 0.3) is 0 Å². The van der Waals surface area contributed by atoms with Crippen molar-refractivity contribution in [1.82, 2.24) is 9.97 Å². The van der Waals surface area contributed by atoms with Crippen LogP contribution >= 0.6 is 0 Å². The van der Waals surface area contributed by atoms with Crippen LogP contribution in [0.4, 0.5) is 0 Å². The fourth-order valence-electron chi connectivity index (χ4n) is 6.47. The molecule has 210 valence electrons. The van der Waals surface area contributed by atoms with Crippen molar-refractivity contribution in [3.8, 4) is 56.4 Å². The lowest BCUT2D eigenvalue weighted by Crippen LogP contribution is -2.24. The summed E-state index contributed by atoms with van der Waals surface area (Å²) in [5.74, 6) is 2.57. The van der Waals surface area contributed by atoms with E-state index in [1.54, 1.807) is 0 Å². The number of hydrogen-bond acceptors (Lipinski definition) is 3. The van der Waals surface area contributed by atoms with Crippen LogP contribution in [0.25, 0.3) is 55.8 Å². The summed E-state index contributed by atoms with van der Waals surface area (Å²) in [5.41, 5.74) is 10.6. The molecule has 1 aromatic heterocycles. The summed E-state index contributed by atoms with van der Waals surface area (Å²) in [6.07, 6.45) is 0. The number of hydrogen-bond donors (Lipinski definition) is 0. The second-order valence-corrected chi connectivity index (χ2v) is 11.8. The predicted molar refractivity (Wildman–Crippen MR) is 180 cm³/mol. The molecule has 0 saturated heterocycles. The largest absolute Gasteiger partial charge is 0.456 e. The third kappa shape index (κ3) is 4.28. The quantitative estimate of drug-likeness (QED) is 0.213. The SMILES string of the molecule is CC1(C)c2ccccc2Oc2c(-c3ccc(-c4ccccc4-c4nc(-c5ccccc5)c5ccccc5n4)cc3)cccc21. The third-order valence-corrected chi connectivity index (χ3v) is 8.79. The molecule has 0 radical (unpaired) electrons. The van der Waals surface area contributed by atoms with Crippen LogP contribution in [-0.4, -0.2) is 9.97 Å². The Balaban J connectivity index is 1.21. The first-order valence-corrected chi connectivity index (χ1v) is 15.0. The Morgan fingerprint density at radius 3 is 1.91 bits per heavy atom. The van der Waals surface area contributed by atoms with Crippen LogP contribution in [0.5, 0.6) is 11.5 Å². The first kappa shape index (κ1) is 26.1. The van der Waals surface area contributed by atoms with Crippen LogP contribution < -0.4 is 4.74 Å². The van der Waals surface area contributed by atoms with E-state index in [9.17, 15) is 0 Å². The maximum atomic E-state index is 6.56. The minimum absolute atomic E-state index is 0.155. The van der Waals surface area contributed by atoms with Gasteiger partial charge in [-0.15, -0.1) is 0 Å². The van der Waals surface area contributed by atoms with E-state index in [4.69, 9.17) is 14.7 Å². The van der Waals surface area contributed by atoms with Gasteiger partial charge < -0.3 is 4.74 Å². The maximum absolute atomic E-state index is 6.56. The van der Waals surface area contributed by atoms with E-state index in [2.05, 4.69) is 135 Å². The smallest absolute Gasteiger partial charge is 0.161 e. The fraction of sp³-hybridized carbons (Fsp3) is 0.0732. The molecule has 0 atom stereocenters. The number of nitrogens with zero attached hydrogens (tertiary/aromatic N) is 2. The molecule has 1 aliphatic rings. The summed E-state index contributed by atoms with van der Waals surface area (Å²) < 4.78 is 6.56. The Hall–Kier alpha value is -5.54. The van der Waals surface area contributed by atoms with E-state index in [-0.39, 0.29) is 5.41 Å². The highest BCUT2D eigenvalue weighted by Gasteiger charge is 2.35. The van der Waals surface area contributed by atoms with Crippen molar-refractivity contribution in [2.75, 3.05) is 0 Å². The van der Waals surface area contributed by atoms with Crippen LogP contribution in [0.1, 0.15) is 25.0 Å². The molecule has 2 heterocycles. The lowest BCUT2D eigenvalue weighted by atomic mass is 9.75. The number of para-hydroxylation sites is 3. The molecule has 7 aromatic rings. The first-order chi connectivity index (χ1) is 21.6. The second kappa shape index (κ2) is 10.3. The van der Waals surface area contributed by atoms with Gasteiger partial charge in [0.1, 0.15) is 11.5 Å². The number of rotatable bonds is 4. The molecule has 6 aromatic carbocycles. The first-order valence-electron chi connectivity index (χ1n) is 15.0. The molecule has 3 nitrogen and oxygen atoms in total. The topological polar surface area (TPSA) is 35.0 Å². The molecule has 0 fully saturated rings. The van der Waals surface area contributed by atoms with Crippen LogP contribution in [0.15, 0.2) is 146 Å². The summed E-state index contributed by atoms with van der Waals surface area (Å²) in [6.45, 7) is 4.55. The van der Waals surface area contributed by atoms with Crippen molar-refractivity contribution in [2.24, 2.45) is 0 Å². The van der Waals surface area contributed by atoms with Gasteiger partial charge in [-0.05, 0) is 28.8 Å². The zero-order valence-electron chi connectivity index (χ0n) is 24.7. The van der Waals surface area contributed by atoms with E-state index in [1.165, 1.54) is 11.1 Å². The molecular weight excluding hydrogens is 536 g/mol. The van der Waals surface area contributed by atoms with E-state index >= 15 is 0 Å². The molecule has 0 unspecified atom stereocenters. The monoisotopic (exact) mass is 566 g/mol. The van der Waals surface area contributed by atoms with Gasteiger partial charge in [0, 0.05) is 38.6 Å². The molecule has 0 spiro atoms. The Morgan fingerprint density at radius 1 is 0.477 bits per heavy atom. The van der Waals surface area contributed by atoms with Crippen molar-refractivity contribution >= 4 is 10.9 Å². The Bertz CT molecular complexity index is 2160. The molecule has 0 N–H and O–H groups in total. The Labute approximate surface area is 257 Å². The minimum atomic E-state index is -0.155. The number of ether oxygens (including phenoxy) is 1. The van der Waals surface area contributed by atoms with E-state index < -0.39 is 0 Å². The summed E-state index contributed by atoms with van der Waals surface area (Å²) in [5, 5.41) is 1.04. The molecule has 0 bridgehead atoms. The van der Waals surface area contributed by atoms with E-state index in [0.29, 0.717) is 5.82 Å². The van der Waals surface area contributed by atoms with Crippen LogP contribution in [0.3, 0.4) is 0 Å².